The van der Waals surface area contributed by atoms with Crippen molar-refractivity contribution in [1.82, 2.24) is 28.8 Å². The first-order valence-corrected chi connectivity index (χ1v) is 11.4. The number of nitriles is 1. The molecule has 1 unspecified atom stereocenters. The number of fused-ring (bicyclic) bond motifs is 2. The Morgan fingerprint density at radius 2 is 1.97 bits per heavy atom. The topological polar surface area (TPSA) is 118 Å². The molecule has 2 aromatic heterocycles. The molecule has 3 fully saturated rings. The van der Waals surface area contributed by atoms with E-state index in [1.165, 1.54) is 12.8 Å². The van der Waals surface area contributed by atoms with Gasteiger partial charge >= 0.3 is 0 Å². The second-order valence-electron chi connectivity index (χ2n) is 8.49. The van der Waals surface area contributed by atoms with Crippen LogP contribution in [-0.2, 0) is 0 Å². The number of hydrogen-bond acceptors (Lipinski definition) is 10. The molecule has 2 bridgehead atoms. The van der Waals surface area contributed by atoms with E-state index in [4.69, 9.17) is 10.00 Å². The third-order valence-corrected chi connectivity index (χ3v) is 7.43. The van der Waals surface area contributed by atoms with Crippen molar-refractivity contribution < 1.29 is 4.74 Å². The Bertz CT molecular complexity index is 956. The number of methoxy groups -OCH3 is 1. The molecule has 3 saturated heterocycles. The number of aromatic nitrogens is 4. The number of rotatable bonds is 7. The molecule has 0 radical (unpaired) electrons. The minimum Gasteiger partial charge on any atom is -0.481 e. The van der Waals surface area contributed by atoms with E-state index in [0.717, 1.165) is 31.6 Å². The fraction of sp³-hybridized carbons (Fsp3) is 0.600. The average Bonchev–Trinajstić information content (AvgIpc) is 3.23. The highest BCUT2D eigenvalue weighted by molar-refractivity contribution is 7.94. The van der Waals surface area contributed by atoms with Crippen molar-refractivity contribution >= 4 is 29.7 Å². The summed E-state index contributed by atoms with van der Waals surface area (Å²) in [5.41, 5.74) is 0.975. The first-order valence-electron chi connectivity index (χ1n) is 10.7. The summed E-state index contributed by atoms with van der Waals surface area (Å²) in [5.74, 6) is 2.62. The van der Waals surface area contributed by atoms with Gasteiger partial charge in [0.1, 0.15) is 5.82 Å². The first kappa shape index (κ1) is 20.4. The van der Waals surface area contributed by atoms with Crippen LogP contribution in [0.4, 0.5) is 17.6 Å². The molecular formula is C20H27N9OS. The highest BCUT2D eigenvalue weighted by Crippen LogP contribution is 2.43. The summed E-state index contributed by atoms with van der Waals surface area (Å²) >= 11 is 1.84. The maximum atomic E-state index is 9.00. The molecule has 10 nitrogen and oxygen atoms in total. The lowest BCUT2D eigenvalue weighted by molar-refractivity contribution is 0.218. The minimum atomic E-state index is 0.197. The van der Waals surface area contributed by atoms with Crippen LogP contribution in [0.2, 0.25) is 0 Å². The Morgan fingerprint density at radius 3 is 2.61 bits per heavy atom. The predicted octanol–water partition coefficient (Wildman–Crippen LogP) is 2.69. The summed E-state index contributed by atoms with van der Waals surface area (Å²) in [6.07, 6.45) is 4.55. The Labute approximate surface area is 186 Å². The molecule has 0 saturated carbocycles. The number of aryl methyl sites for hydroxylation is 1. The monoisotopic (exact) mass is 441 g/mol. The van der Waals surface area contributed by atoms with E-state index in [0.29, 0.717) is 41.6 Å². The summed E-state index contributed by atoms with van der Waals surface area (Å²) in [6.45, 7) is 3.71. The zero-order valence-electron chi connectivity index (χ0n) is 17.7. The van der Waals surface area contributed by atoms with E-state index in [1.807, 2.05) is 25.1 Å². The highest BCUT2D eigenvalue weighted by atomic mass is 32.2. The number of piperidine rings is 1. The molecule has 3 aliphatic rings. The van der Waals surface area contributed by atoms with Crippen molar-refractivity contribution in [3.8, 4) is 11.9 Å². The van der Waals surface area contributed by atoms with Crippen molar-refractivity contribution in [3.63, 3.8) is 0 Å². The van der Waals surface area contributed by atoms with Gasteiger partial charge in [-0.15, -0.1) is 0 Å². The van der Waals surface area contributed by atoms with Crippen LogP contribution >= 0.6 is 12.1 Å². The summed E-state index contributed by atoms with van der Waals surface area (Å²) in [6, 6.07) is 7.44. The lowest BCUT2D eigenvalue weighted by Crippen LogP contribution is -2.49. The number of hydrogen-bond donors (Lipinski definition) is 3. The number of nitrogens with zero attached hydrogens (tertiary/aromatic N) is 6. The number of H-pyrrole nitrogens is 1. The lowest BCUT2D eigenvalue weighted by atomic mass is 10.00. The molecule has 2 aromatic rings. The van der Waals surface area contributed by atoms with Crippen LogP contribution in [0.3, 0.4) is 0 Å². The minimum absolute atomic E-state index is 0.197. The molecule has 3 N–H and O–H groups in total. The van der Waals surface area contributed by atoms with Gasteiger partial charge in [0.05, 0.1) is 19.1 Å². The Balaban J connectivity index is 1.22. The van der Waals surface area contributed by atoms with Gasteiger partial charge in [-0.25, -0.2) is 8.61 Å². The summed E-state index contributed by atoms with van der Waals surface area (Å²) in [5, 5.41) is 22.9. The van der Waals surface area contributed by atoms with Gasteiger partial charge in [-0.3, -0.25) is 5.10 Å². The number of anilines is 3. The fourth-order valence-corrected chi connectivity index (χ4v) is 5.97. The van der Waals surface area contributed by atoms with Crippen molar-refractivity contribution in [1.29, 1.82) is 5.26 Å². The number of aromatic amines is 1. The van der Waals surface area contributed by atoms with Gasteiger partial charge in [0.15, 0.2) is 5.82 Å². The van der Waals surface area contributed by atoms with Gasteiger partial charge in [-0.2, -0.15) is 20.3 Å². The molecule has 31 heavy (non-hydrogen) atoms. The highest BCUT2D eigenvalue weighted by Gasteiger charge is 2.43. The Hall–Kier alpha value is -2.55. The average molecular weight is 442 g/mol. The second kappa shape index (κ2) is 8.53. The smallest absolute Gasteiger partial charge is 0.228 e. The van der Waals surface area contributed by atoms with Crippen LogP contribution in [0.15, 0.2) is 12.1 Å². The van der Waals surface area contributed by atoms with Crippen molar-refractivity contribution in [2.75, 3.05) is 30.8 Å². The second-order valence-corrected chi connectivity index (χ2v) is 9.59. The van der Waals surface area contributed by atoms with Crippen molar-refractivity contribution in [3.05, 3.63) is 17.8 Å². The standard InChI is InChI=1S/C20H27N9OS/c1-12-5-18(27-26-12)23-17-8-19(30-2)25-20(24-17)22-14-6-15-3-4-16(7-14)29(15)31-28-10-13(9-21)11-28/h5,8,13-16H,3-4,6-7,10-11H2,1-2H3,(H3,22,23,24,25,26,27)/t14?,15-,16+. The molecule has 0 aliphatic carbocycles. The van der Waals surface area contributed by atoms with Gasteiger partial charge in [-0.1, -0.05) is 0 Å². The fourth-order valence-electron chi connectivity index (χ4n) is 4.56. The largest absolute Gasteiger partial charge is 0.481 e. The Kier molecular flexibility index (Phi) is 5.60. The maximum absolute atomic E-state index is 9.00. The number of ether oxygens (including phenoxy) is 1. The molecule has 164 valence electrons. The van der Waals surface area contributed by atoms with Gasteiger partial charge in [0.2, 0.25) is 11.8 Å². The summed E-state index contributed by atoms with van der Waals surface area (Å²) in [4.78, 5) is 9.13. The summed E-state index contributed by atoms with van der Waals surface area (Å²) in [7, 11) is 1.61. The van der Waals surface area contributed by atoms with Crippen LogP contribution in [0.5, 0.6) is 5.88 Å². The molecule has 0 aromatic carbocycles. The molecule has 0 spiro atoms. The van der Waals surface area contributed by atoms with E-state index in [1.54, 1.807) is 13.2 Å². The SMILES string of the molecule is COc1cc(Nc2cc(C)[nH]n2)nc(NC2C[C@H]3CC[C@@H](C2)N3SN2CC(C#N)C2)n1. The maximum Gasteiger partial charge on any atom is 0.228 e. The predicted molar refractivity (Wildman–Crippen MR) is 119 cm³/mol. The van der Waals surface area contributed by atoms with Crippen molar-refractivity contribution in [2.24, 2.45) is 5.92 Å². The third kappa shape index (κ3) is 4.42. The zero-order valence-corrected chi connectivity index (χ0v) is 18.5. The molecule has 3 aliphatic heterocycles. The van der Waals surface area contributed by atoms with Gasteiger partial charge in [0.25, 0.3) is 0 Å². The molecule has 11 heteroatoms. The van der Waals surface area contributed by atoms with E-state index in [-0.39, 0.29) is 5.92 Å². The van der Waals surface area contributed by atoms with Gasteiger partial charge < -0.3 is 15.4 Å². The normalized spacial score (nSPS) is 26.3. The Morgan fingerprint density at radius 1 is 1.19 bits per heavy atom. The van der Waals surface area contributed by atoms with Crippen molar-refractivity contribution in [2.45, 2.75) is 50.7 Å². The van der Waals surface area contributed by atoms with Crippen LogP contribution in [-0.4, -0.2) is 67.1 Å². The van der Waals surface area contributed by atoms with Crippen LogP contribution in [0.1, 0.15) is 31.4 Å². The van der Waals surface area contributed by atoms with E-state index >= 15 is 0 Å². The van der Waals surface area contributed by atoms with Crippen LogP contribution in [0.25, 0.3) is 0 Å². The molecular weight excluding hydrogens is 414 g/mol. The lowest BCUT2D eigenvalue weighted by Gasteiger charge is -2.43. The summed E-state index contributed by atoms with van der Waals surface area (Å²) < 4.78 is 10.3. The van der Waals surface area contributed by atoms with E-state index in [2.05, 4.69) is 45.5 Å². The first-order chi connectivity index (χ1) is 15.1. The molecule has 5 heterocycles. The quantitative estimate of drug-likeness (QED) is 0.553. The molecule has 0 amide bonds. The van der Waals surface area contributed by atoms with Gasteiger partial charge in [-0.05, 0) is 32.6 Å². The van der Waals surface area contributed by atoms with Crippen LogP contribution < -0.4 is 15.4 Å². The number of nitrogens with one attached hydrogen (secondary N) is 3. The van der Waals surface area contributed by atoms with Gasteiger partial charge in [0, 0.05) is 61.2 Å². The molecule has 5 rings (SSSR count). The zero-order chi connectivity index (χ0) is 21.4. The third-order valence-electron chi connectivity index (χ3n) is 6.11. The molecule has 3 atom stereocenters. The van der Waals surface area contributed by atoms with Crippen LogP contribution in [0, 0.1) is 24.2 Å². The van der Waals surface area contributed by atoms with E-state index < -0.39 is 0 Å². The van der Waals surface area contributed by atoms with E-state index in [9.17, 15) is 0 Å².